The zero-order chi connectivity index (χ0) is 18.7. The smallest absolute Gasteiger partial charge is 0.243 e. The zero-order valence-electron chi connectivity index (χ0n) is 14.0. The lowest BCUT2D eigenvalue weighted by molar-refractivity contribution is -0.132. The summed E-state index contributed by atoms with van der Waals surface area (Å²) in [6.45, 7) is 6.40. The van der Waals surface area contributed by atoms with Crippen molar-refractivity contribution in [3.63, 3.8) is 0 Å². The lowest BCUT2D eigenvalue weighted by Crippen LogP contribution is -2.53. The molecule has 0 aromatic carbocycles. The first-order valence-electron chi connectivity index (χ1n) is 7.45. The highest BCUT2D eigenvalue weighted by Crippen LogP contribution is 1.99. The van der Waals surface area contributed by atoms with E-state index >= 15 is 0 Å². The van der Waals surface area contributed by atoms with Gasteiger partial charge in [0.05, 0.1) is 12.4 Å². The molecule has 0 aliphatic carbocycles. The van der Waals surface area contributed by atoms with Gasteiger partial charge in [0.15, 0.2) is 0 Å². The minimum Gasteiger partial charge on any atom is -0.386 e. The Bertz CT molecular complexity index is 494. The topological polar surface area (TPSA) is 168 Å². The summed E-state index contributed by atoms with van der Waals surface area (Å²) in [4.78, 5) is 45.8. The first kappa shape index (κ1) is 21.2. The Morgan fingerprint density at radius 1 is 1.04 bits per heavy atom. The molecule has 0 unspecified atom stereocenters. The number of nitrogens with one attached hydrogen (secondary N) is 4. The molecule has 0 aromatic heterocycles. The van der Waals surface area contributed by atoms with Crippen LogP contribution in [0.25, 0.3) is 0 Å². The van der Waals surface area contributed by atoms with Crippen LogP contribution in [0.4, 0.5) is 0 Å². The molecule has 10 nitrogen and oxygen atoms in total. The second kappa shape index (κ2) is 10.9. The van der Waals surface area contributed by atoms with Gasteiger partial charge in [-0.2, -0.15) is 0 Å². The third kappa shape index (κ3) is 10.0. The molecule has 10 heteroatoms. The second-order valence-corrected chi connectivity index (χ2v) is 5.26. The van der Waals surface area contributed by atoms with E-state index in [0.29, 0.717) is 25.2 Å². The lowest BCUT2D eigenvalue weighted by Gasteiger charge is -2.21. The van der Waals surface area contributed by atoms with Gasteiger partial charge in [-0.1, -0.05) is 6.58 Å². The van der Waals surface area contributed by atoms with Crippen LogP contribution in [-0.2, 0) is 19.2 Å². The average Bonchev–Trinajstić information content (AvgIpc) is 2.46. The van der Waals surface area contributed by atoms with Crippen LogP contribution in [0.1, 0.15) is 26.7 Å². The monoisotopic (exact) mass is 342 g/mol. The van der Waals surface area contributed by atoms with E-state index in [0.717, 1.165) is 0 Å². The Morgan fingerprint density at radius 3 is 2.17 bits per heavy atom. The molecule has 0 bridgehead atoms. The van der Waals surface area contributed by atoms with E-state index in [1.807, 2.05) is 0 Å². The van der Waals surface area contributed by atoms with Crippen LogP contribution >= 0.6 is 0 Å². The normalized spacial score (nSPS) is 12.4. The van der Waals surface area contributed by atoms with Crippen molar-refractivity contribution in [1.29, 1.82) is 0 Å². The Balaban J connectivity index is 4.67. The van der Waals surface area contributed by atoms with Crippen LogP contribution in [-0.4, -0.2) is 48.8 Å². The van der Waals surface area contributed by atoms with E-state index < -0.39 is 29.8 Å². The van der Waals surface area contributed by atoms with Crippen molar-refractivity contribution in [3.8, 4) is 0 Å². The van der Waals surface area contributed by atoms with E-state index in [1.54, 1.807) is 0 Å². The summed E-state index contributed by atoms with van der Waals surface area (Å²) in [6, 6.07) is -1.67. The molecule has 0 saturated heterocycles. The predicted molar refractivity (Wildman–Crippen MR) is 88.0 cm³/mol. The molecule has 8 N–H and O–H groups in total. The number of nitrogens with two attached hydrogens (primary N) is 2. The quantitative estimate of drug-likeness (QED) is 0.225. The number of carbonyl (C=O) groups excluding carboxylic acids is 4. The third-order valence-electron chi connectivity index (χ3n) is 2.90. The maximum Gasteiger partial charge on any atom is 0.243 e. The Kier molecular flexibility index (Phi) is 9.61. The van der Waals surface area contributed by atoms with E-state index in [4.69, 9.17) is 11.5 Å². The number of hydrogen-bond acceptors (Lipinski definition) is 6. The second-order valence-electron chi connectivity index (χ2n) is 5.26. The number of hydrogen-bond donors (Lipinski definition) is 6. The molecular formula is C14H26N6O4. The van der Waals surface area contributed by atoms with Gasteiger partial charge in [-0.25, -0.2) is 0 Å². The molecule has 24 heavy (non-hydrogen) atoms. The van der Waals surface area contributed by atoms with Crippen molar-refractivity contribution in [3.05, 3.63) is 12.4 Å². The highest BCUT2D eigenvalue weighted by atomic mass is 16.2. The third-order valence-corrected chi connectivity index (χ3v) is 2.90. The molecule has 0 fully saturated rings. The van der Waals surface area contributed by atoms with Crippen molar-refractivity contribution < 1.29 is 19.2 Å². The first-order valence-corrected chi connectivity index (χ1v) is 7.45. The van der Waals surface area contributed by atoms with Gasteiger partial charge >= 0.3 is 0 Å². The van der Waals surface area contributed by atoms with Crippen LogP contribution in [0.3, 0.4) is 0 Å². The largest absolute Gasteiger partial charge is 0.386 e. The van der Waals surface area contributed by atoms with Crippen LogP contribution in [0, 0.1) is 0 Å². The van der Waals surface area contributed by atoms with E-state index in [1.165, 1.54) is 13.8 Å². The number of rotatable bonds is 11. The summed E-state index contributed by atoms with van der Waals surface area (Å²) in [5, 5.41) is 10.1. The van der Waals surface area contributed by atoms with Crippen molar-refractivity contribution in [2.45, 2.75) is 38.8 Å². The van der Waals surface area contributed by atoms with Gasteiger partial charge < -0.3 is 32.7 Å². The zero-order valence-corrected chi connectivity index (χ0v) is 14.0. The molecule has 0 saturated carbocycles. The Labute approximate surface area is 140 Å². The van der Waals surface area contributed by atoms with Crippen LogP contribution in [0.5, 0.6) is 0 Å². The summed E-state index contributed by atoms with van der Waals surface area (Å²) in [5.41, 5.74) is 10.3. The van der Waals surface area contributed by atoms with Crippen molar-refractivity contribution in [2.75, 3.05) is 13.1 Å². The van der Waals surface area contributed by atoms with Crippen molar-refractivity contribution >= 4 is 23.6 Å². The van der Waals surface area contributed by atoms with E-state index in [2.05, 4.69) is 27.8 Å². The highest BCUT2D eigenvalue weighted by Gasteiger charge is 2.23. The average molecular weight is 342 g/mol. The maximum absolute atomic E-state index is 12.1. The van der Waals surface area contributed by atoms with Crippen molar-refractivity contribution in [1.82, 2.24) is 21.3 Å². The summed E-state index contributed by atoms with van der Waals surface area (Å²) in [7, 11) is 0. The Hall–Kier alpha value is -2.78. The lowest BCUT2D eigenvalue weighted by atomic mass is 10.1. The SMILES string of the molecule is C=C(N)NCCC[C@H](NC(=O)[C@H](C)NC(C)=O)C(=O)NCC(N)=O. The molecule has 0 aliphatic rings. The molecule has 4 amide bonds. The van der Waals surface area contributed by atoms with Crippen molar-refractivity contribution in [2.24, 2.45) is 11.5 Å². The number of amides is 4. The van der Waals surface area contributed by atoms with E-state index in [-0.39, 0.29) is 12.5 Å². The number of primary amides is 1. The standard InChI is InChI=1S/C14H26N6O4/c1-8(19-10(3)21)13(23)20-11(5-4-6-17-9(2)15)14(24)18-7-12(16)22/h8,11,17H,2,4-7,15H2,1,3H3,(H2,16,22)(H,18,24)(H,19,21)(H,20,23)/t8-,11-/m0/s1. The summed E-state index contributed by atoms with van der Waals surface area (Å²) < 4.78 is 0. The molecule has 0 aliphatic heterocycles. The summed E-state index contributed by atoms with van der Waals surface area (Å²) >= 11 is 0. The molecule has 0 heterocycles. The Morgan fingerprint density at radius 2 is 1.67 bits per heavy atom. The molecule has 0 rings (SSSR count). The minimum atomic E-state index is -0.874. The fraction of sp³-hybridized carbons (Fsp3) is 0.571. The van der Waals surface area contributed by atoms with Gasteiger partial charge in [-0.15, -0.1) is 0 Å². The molecule has 0 aromatic rings. The van der Waals surface area contributed by atoms with Gasteiger partial charge in [0.1, 0.15) is 12.1 Å². The highest BCUT2D eigenvalue weighted by molar-refractivity contribution is 5.92. The maximum atomic E-state index is 12.1. The van der Waals surface area contributed by atoms with Gasteiger partial charge in [0, 0.05) is 13.5 Å². The number of carbonyl (C=O) groups is 4. The summed E-state index contributed by atoms with van der Waals surface area (Å²) in [5.74, 6) is -1.81. The van der Waals surface area contributed by atoms with Gasteiger partial charge in [0.25, 0.3) is 0 Å². The van der Waals surface area contributed by atoms with Gasteiger partial charge in [0.2, 0.25) is 23.6 Å². The predicted octanol–water partition coefficient (Wildman–Crippen LogP) is -2.60. The molecule has 0 spiro atoms. The summed E-state index contributed by atoms with van der Waals surface area (Å²) in [6.07, 6.45) is 0.809. The van der Waals surface area contributed by atoms with Crippen LogP contribution in [0.2, 0.25) is 0 Å². The first-order chi connectivity index (χ1) is 11.1. The van der Waals surface area contributed by atoms with Gasteiger partial charge in [-0.05, 0) is 19.8 Å². The van der Waals surface area contributed by atoms with E-state index in [9.17, 15) is 19.2 Å². The fourth-order valence-electron chi connectivity index (χ4n) is 1.79. The fourth-order valence-corrected chi connectivity index (χ4v) is 1.79. The van der Waals surface area contributed by atoms with Crippen LogP contribution in [0.15, 0.2) is 12.4 Å². The minimum absolute atomic E-state index is 0.295. The molecule has 2 atom stereocenters. The molecular weight excluding hydrogens is 316 g/mol. The van der Waals surface area contributed by atoms with Crippen LogP contribution < -0.4 is 32.7 Å². The van der Waals surface area contributed by atoms with Gasteiger partial charge in [-0.3, -0.25) is 19.2 Å². The molecule has 0 radical (unpaired) electrons. The molecule has 136 valence electrons.